The standard InChI is InChI=1S/C15H20N2O2S2/c1-4-16-10-14-7-8-15(20-14)21(18,19)17-13-6-5-11(2)12(3)9-13/h5-9,16-17H,4,10H2,1-3H3. The second-order valence-electron chi connectivity index (χ2n) is 4.91. The van der Waals surface area contributed by atoms with Gasteiger partial charge >= 0.3 is 0 Å². The number of rotatable bonds is 6. The molecule has 2 aromatic rings. The van der Waals surface area contributed by atoms with E-state index in [1.54, 1.807) is 12.1 Å². The highest BCUT2D eigenvalue weighted by Gasteiger charge is 2.17. The van der Waals surface area contributed by atoms with E-state index in [1.165, 1.54) is 11.3 Å². The number of benzene rings is 1. The first-order valence-electron chi connectivity index (χ1n) is 6.82. The molecule has 1 heterocycles. The van der Waals surface area contributed by atoms with Gasteiger partial charge in [-0.05, 0) is 55.8 Å². The molecular formula is C15H20N2O2S2. The van der Waals surface area contributed by atoms with Crippen molar-refractivity contribution in [1.29, 1.82) is 0 Å². The van der Waals surface area contributed by atoms with Crippen molar-refractivity contribution >= 4 is 27.0 Å². The van der Waals surface area contributed by atoms with E-state index < -0.39 is 10.0 Å². The maximum absolute atomic E-state index is 12.4. The Hall–Kier alpha value is -1.37. The second-order valence-corrected chi connectivity index (χ2v) is 7.98. The number of hydrogen-bond donors (Lipinski definition) is 2. The van der Waals surface area contributed by atoms with E-state index in [4.69, 9.17) is 0 Å². The molecule has 4 nitrogen and oxygen atoms in total. The van der Waals surface area contributed by atoms with Gasteiger partial charge in [-0.1, -0.05) is 13.0 Å². The molecule has 114 valence electrons. The Morgan fingerprint density at radius 1 is 1.10 bits per heavy atom. The summed E-state index contributed by atoms with van der Waals surface area (Å²) in [7, 11) is -3.51. The van der Waals surface area contributed by atoms with Gasteiger partial charge in [0.2, 0.25) is 0 Å². The smallest absolute Gasteiger partial charge is 0.271 e. The van der Waals surface area contributed by atoms with Crippen molar-refractivity contribution < 1.29 is 8.42 Å². The molecule has 2 N–H and O–H groups in total. The minimum Gasteiger partial charge on any atom is -0.312 e. The third kappa shape index (κ3) is 4.06. The van der Waals surface area contributed by atoms with Crippen LogP contribution in [0.4, 0.5) is 5.69 Å². The maximum Gasteiger partial charge on any atom is 0.271 e. The topological polar surface area (TPSA) is 58.2 Å². The molecule has 0 atom stereocenters. The SMILES string of the molecule is CCNCc1ccc(S(=O)(=O)Nc2ccc(C)c(C)c2)s1. The van der Waals surface area contributed by atoms with E-state index in [2.05, 4.69) is 10.0 Å². The van der Waals surface area contributed by atoms with Gasteiger partial charge in [0.1, 0.15) is 4.21 Å². The maximum atomic E-state index is 12.4. The van der Waals surface area contributed by atoms with Gasteiger partial charge in [-0.2, -0.15) is 0 Å². The Bertz CT molecular complexity index is 721. The van der Waals surface area contributed by atoms with Crippen molar-refractivity contribution in [2.45, 2.75) is 31.5 Å². The van der Waals surface area contributed by atoms with Crippen LogP contribution in [0.3, 0.4) is 0 Å². The van der Waals surface area contributed by atoms with Crippen molar-refractivity contribution in [2.24, 2.45) is 0 Å². The molecule has 0 saturated heterocycles. The van der Waals surface area contributed by atoms with Crippen molar-refractivity contribution in [3.8, 4) is 0 Å². The van der Waals surface area contributed by atoms with Crippen LogP contribution >= 0.6 is 11.3 Å². The lowest BCUT2D eigenvalue weighted by Gasteiger charge is -2.08. The summed E-state index contributed by atoms with van der Waals surface area (Å²) in [6, 6.07) is 9.05. The lowest BCUT2D eigenvalue weighted by atomic mass is 10.1. The zero-order valence-corrected chi connectivity index (χ0v) is 14.1. The zero-order valence-electron chi connectivity index (χ0n) is 12.4. The Kier molecular flexibility index (Phi) is 5.03. The minimum absolute atomic E-state index is 0.341. The van der Waals surface area contributed by atoms with E-state index >= 15 is 0 Å². The molecular weight excluding hydrogens is 304 g/mol. The first-order chi connectivity index (χ1) is 9.92. The highest BCUT2D eigenvalue weighted by molar-refractivity contribution is 7.94. The van der Waals surface area contributed by atoms with Crippen molar-refractivity contribution in [3.05, 3.63) is 46.3 Å². The molecule has 0 aliphatic rings. The molecule has 2 rings (SSSR count). The summed E-state index contributed by atoms with van der Waals surface area (Å²) in [5.74, 6) is 0. The predicted octanol–water partition coefficient (Wildman–Crippen LogP) is 3.28. The molecule has 21 heavy (non-hydrogen) atoms. The highest BCUT2D eigenvalue weighted by Crippen LogP contribution is 2.24. The van der Waals surface area contributed by atoms with Gasteiger partial charge in [0.25, 0.3) is 10.0 Å². The van der Waals surface area contributed by atoms with Gasteiger partial charge < -0.3 is 5.32 Å². The Morgan fingerprint density at radius 3 is 2.52 bits per heavy atom. The largest absolute Gasteiger partial charge is 0.312 e. The molecule has 0 aliphatic heterocycles. The molecule has 0 unspecified atom stereocenters. The molecule has 0 radical (unpaired) electrons. The Morgan fingerprint density at radius 2 is 1.86 bits per heavy atom. The first kappa shape index (κ1) is 16.0. The normalized spacial score (nSPS) is 11.6. The van der Waals surface area contributed by atoms with E-state index in [0.717, 1.165) is 22.5 Å². The van der Waals surface area contributed by atoms with Crippen LogP contribution in [0.15, 0.2) is 34.5 Å². The van der Waals surface area contributed by atoms with Crippen LogP contribution in [0.1, 0.15) is 22.9 Å². The van der Waals surface area contributed by atoms with Crippen LogP contribution in [-0.2, 0) is 16.6 Å². The third-order valence-corrected chi connectivity index (χ3v) is 6.17. The highest BCUT2D eigenvalue weighted by atomic mass is 32.2. The van der Waals surface area contributed by atoms with Gasteiger partial charge in [0.05, 0.1) is 0 Å². The fourth-order valence-electron chi connectivity index (χ4n) is 1.86. The van der Waals surface area contributed by atoms with Crippen LogP contribution in [-0.4, -0.2) is 15.0 Å². The summed E-state index contributed by atoms with van der Waals surface area (Å²) < 4.78 is 27.7. The van der Waals surface area contributed by atoms with Crippen LogP contribution < -0.4 is 10.0 Å². The number of nitrogens with one attached hydrogen (secondary N) is 2. The van der Waals surface area contributed by atoms with Crippen molar-refractivity contribution in [2.75, 3.05) is 11.3 Å². The van der Waals surface area contributed by atoms with Crippen molar-refractivity contribution in [1.82, 2.24) is 5.32 Å². The van der Waals surface area contributed by atoms with E-state index in [1.807, 2.05) is 39.0 Å². The van der Waals surface area contributed by atoms with Gasteiger partial charge in [0.15, 0.2) is 0 Å². The Labute approximate surface area is 130 Å². The molecule has 0 saturated carbocycles. The van der Waals surface area contributed by atoms with Crippen LogP contribution in [0, 0.1) is 13.8 Å². The van der Waals surface area contributed by atoms with E-state index in [0.29, 0.717) is 16.4 Å². The number of anilines is 1. The molecule has 1 aromatic heterocycles. The lowest BCUT2D eigenvalue weighted by Crippen LogP contribution is -2.12. The van der Waals surface area contributed by atoms with Gasteiger partial charge in [-0.3, -0.25) is 4.72 Å². The molecule has 0 bridgehead atoms. The fraction of sp³-hybridized carbons (Fsp3) is 0.333. The average Bonchev–Trinajstić information content (AvgIpc) is 2.90. The molecule has 0 amide bonds. The monoisotopic (exact) mass is 324 g/mol. The first-order valence-corrected chi connectivity index (χ1v) is 9.12. The zero-order chi connectivity index (χ0) is 15.5. The van der Waals surface area contributed by atoms with Crippen LogP contribution in [0.5, 0.6) is 0 Å². The predicted molar refractivity (Wildman–Crippen MR) is 88.4 cm³/mol. The minimum atomic E-state index is -3.51. The van der Waals surface area contributed by atoms with Gasteiger partial charge in [0, 0.05) is 17.1 Å². The molecule has 0 fully saturated rings. The molecule has 1 aromatic carbocycles. The Balaban J connectivity index is 2.17. The summed E-state index contributed by atoms with van der Waals surface area (Å²) in [5.41, 5.74) is 2.80. The number of hydrogen-bond acceptors (Lipinski definition) is 4. The summed E-state index contributed by atoms with van der Waals surface area (Å²) in [6.07, 6.45) is 0. The molecule has 0 aliphatic carbocycles. The molecule has 0 spiro atoms. The van der Waals surface area contributed by atoms with E-state index in [-0.39, 0.29) is 0 Å². The number of thiophene rings is 1. The van der Waals surface area contributed by atoms with Gasteiger partial charge in [-0.25, -0.2) is 8.42 Å². The molecule has 6 heteroatoms. The number of sulfonamides is 1. The summed E-state index contributed by atoms with van der Waals surface area (Å²) in [5, 5.41) is 3.19. The quantitative estimate of drug-likeness (QED) is 0.857. The van der Waals surface area contributed by atoms with E-state index in [9.17, 15) is 8.42 Å². The second kappa shape index (κ2) is 6.60. The van der Waals surface area contributed by atoms with Gasteiger partial charge in [-0.15, -0.1) is 11.3 Å². The fourth-order valence-corrected chi connectivity index (χ4v) is 4.23. The van der Waals surface area contributed by atoms with Crippen molar-refractivity contribution in [3.63, 3.8) is 0 Å². The summed E-state index contributed by atoms with van der Waals surface area (Å²) in [6.45, 7) is 7.54. The lowest BCUT2D eigenvalue weighted by molar-refractivity contribution is 0.603. The third-order valence-electron chi connectivity index (χ3n) is 3.21. The average molecular weight is 324 g/mol. The van der Waals surface area contributed by atoms with Crippen LogP contribution in [0.25, 0.3) is 0 Å². The summed E-state index contributed by atoms with van der Waals surface area (Å²) in [4.78, 5) is 1.01. The van der Waals surface area contributed by atoms with Crippen LogP contribution in [0.2, 0.25) is 0 Å². The number of aryl methyl sites for hydroxylation is 2. The summed E-state index contributed by atoms with van der Waals surface area (Å²) >= 11 is 1.29.